The number of amides is 1. The largest absolute Gasteiger partial charge is 0.497 e. The number of benzene rings is 1. The van der Waals surface area contributed by atoms with Gasteiger partial charge in [0.2, 0.25) is 0 Å². The molecule has 30 heavy (non-hydrogen) atoms. The van der Waals surface area contributed by atoms with Crippen molar-refractivity contribution in [3.8, 4) is 17.1 Å². The Bertz CT molecular complexity index is 1210. The molecule has 1 saturated heterocycles. The first-order chi connectivity index (χ1) is 14.6. The number of likely N-dealkylation sites (tertiary alicyclic amines) is 1. The predicted octanol–water partition coefficient (Wildman–Crippen LogP) is 4.56. The zero-order valence-corrected chi connectivity index (χ0v) is 17.7. The van der Waals surface area contributed by atoms with Crippen molar-refractivity contribution in [3.05, 3.63) is 64.5 Å². The van der Waals surface area contributed by atoms with E-state index < -0.39 is 0 Å². The average molecular weight is 419 g/mol. The number of aromatic nitrogens is 3. The fourth-order valence-corrected chi connectivity index (χ4v) is 4.90. The van der Waals surface area contributed by atoms with Crippen LogP contribution in [0.1, 0.15) is 27.0 Å². The van der Waals surface area contributed by atoms with E-state index >= 15 is 0 Å². The van der Waals surface area contributed by atoms with Gasteiger partial charge in [-0.3, -0.25) is 4.79 Å². The van der Waals surface area contributed by atoms with Crippen LogP contribution in [0.15, 0.2) is 54.7 Å². The summed E-state index contributed by atoms with van der Waals surface area (Å²) in [6.45, 7) is 3.41. The first kappa shape index (κ1) is 18.8. The molecule has 1 amide bonds. The van der Waals surface area contributed by atoms with Gasteiger partial charge in [-0.1, -0.05) is 0 Å². The van der Waals surface area contributed by atoms with Crippen LogP contribution in [0.4, 0.5) is 0 Å². The lowest BCUT2D eigenvalue weighted by Crippen LogP contribution is -2.28. The monoisotopic (exact) mass is 418 g/mol. The molecule has 0 spiro atoms. The fourth-order valence-electron chi connectivity index (χ4n) is 4.06. The zero-order valence-electron chi connectivity index (χ0n) is 16.9. The van der Waals surface area contributed by atoms with Crippen LogP contribution in [0.3, 0.4) is 0 Å². The molecule has 1 aliphatic heterocycles. The number of fused-ring (bicyclic) bond motifs is 1. The Labute approximate surface area is 178 Å². The van der Waals surface area contributed by atoms with Crippen LogP contribution < -0.4 is 4.74 Å². The summed E-state index contributed by atoms with van der Waals surface area (Å²) in [4.78, 5) is 26.3. The molecule has 0 N–H and O–H groups in total. The third-order valence-electron chi connectivity index (χ3n) is 5.56. The second-order valence-electron chi connectivity index (χ2n) is 7.48. The number of pyridine rings is 1. The van der Waals surface area contributed by atoms with Gasteiger partial charge in [-0.15, -0.1) is 11.3 Å². The van der Waals surface area contributed by atoms with E-state index in [1.165, 1.54) is 0 Å². The van der Waals surface area contributed by atoms with Gasteiger partial charge in [0.25, 0.3) is 5.91 Å². The Morgan fingerprint density at radius 3 is 2.73 bits per heavy atom. The number of thiophene rings is 1. The maximum atomic E-state index is 12.9. The van der Waals surface area contributed by atoms with E-state index in [4.69, 9.17) is 9.72 Å². The summed E-state index contributed by atoms with van der Waals surface area (Å²) in [5.74, 6) is 1.79. The molecule has 1 aromatic carbocycles. The molecule has 0 radical (unpaired) electrons. The van der Waals surface area contributed by atoms with Crippen molar-refractivity contribution in [3.63, 3.8) is 0 Å². The summed E-state index contributed by atoms with van der Waals surface area (Å²) < 4.78 is 7.49. The van der Waals surface area contributed by atoms with Gasteiger partial charge in [0.15, 0.2) is 5.65 Å². The standard InChI is InChI=1S/C23H22N4O2S/c1-15-5-10-20(30-15)23(28)26-13-11-17(14-26)27-21(16-6-8-18(29-2)9-7-16)25-19-4-3-12-24-22(19)27/h3-10,12,17H,11,13-14H2,1-2H3. The lowest BCUT2D eigenvalue weighted by atomic mass is 10.2. The molecule has 1 unspecified atom stereocenters. The number of methoxy groups -OCH3 is 1. The maximum Gasteiger partial charge on any atom is 0.263 e. The zero-order chi connectivity index (χ0) is 20.7. The quantitative estimate of drug-likeness (QED) is 0.487. The summed E-state index contributed by atoms with van der Waals surface area (Å²) in [7, 11) is 1.66. The molecule has 0 aliphatic carbocycles. The van der Waals surface area contributed by atoms with Crippen LogP contribution in [0.5, 0.6) is 5.75 Å². The van der Waals surface area contributed by atoms with Gasteiger partial charge in [0, 0.05) is 29.7 Å². The molecule has 1 atom stereocenters. The van der Waals surface area contributed by atoms with E-state index in [0.29, 0.717) is 6.54 Å². The summed E-state index contributed by atoms with van der Waals surface area (Å²) in [5.41, 5.74) is 2.73. The van der Waals surface area contributed by atoms with Gasteiger partial charge >= 0.3 is 0 Å². The normalized spacial score (nSPS) is 16.3. The second-order valence-corrected chi connectivity index (χ2v) is 8.77. The van der Waals surface area contributed by atoms with Gasteiger partial charge in [-0.2, -0.15) is 0 Å². The van der Waals surface area contributed by atoms with Gasteiger partial charge < -0.3 is 14.2 Å². The molecule has 1 aliphatic rings. The number of carbonyl (C=O) groups excluding carboxylic acids is 1. The Morgan fingerprint density at radius 1 is 1.17 bits per heavy atom. The molecule has 3 aromatic heterocycles. The van der Waals surface area contributed by atoms with Gasteiger partial charge in [0.1, 0.15) is 17.1 Å². The maximum absolute atomic E-state index is 12.9. The van der Waals surface area contributed by atoms with Gasteiger partial charge in [-0.25, -0.2) is 9.97 Å². The number of hydrogen-bond donors (Lipinski definition) is 0. The molecule has 5 rings (SSSR count). The van der Waals surface area contributed by atoms with Crippen molar-refractivity contribution in [1.29, 1.82) is 0 Å². The van der Waals surface area contributed by atoms with Gasteiger partial charge in [-0.05, 0) is 61.9 Å². The number of hydrogen-bond acceptors (Lipinski definition) is 5. The highest BCUT2D eigenvalue weighted by Gasteiger charge is 2.31. The lowest BCUT2D eigenvalue weighted by Gasteiger charge is -2.18. The highest BCUT2D eigenvalue weighted by Crippen LogP contribution is 2.33. The van der Waals surface area contributed by atoms with Gasteiger partial charge in [0.05, 0.1) is 18.0 Å². The van der Waals surface area contributed by atoms with Crippen LogP contribution in [0.2, 0.25) is 0 Å². The Hall–Kier alpha value is -3.19. The van der Waals surface area contributed by atoms with Crippen molar-refractivity contribution in [2.45, 2.75) is 19.4 Å². The smallest absolute Gasteiger partial charge is 0.263 e. The summed E-state index contributed by atoms with van der Waals surface area (Å²) in [6.07, 6.45) is 2.67. The third kappa shape index (κ3) is 3.25. The molecule has 4 aromatic rings. The first-order valence-corrected chi connectivity index (χ1v) is 10.8. The average Bonchev–Trinajstić information content (AvgIpc) is 3.51. The van der Waals surface area contributed by atoms with Crippen molar-refractivity contribution < 1.29 is 9.53 Å². The molecule has 4 heterocycles. The molecule has 0 saturated carbocycles. The van der Waals surface area contributed by atoms with Crippen molar-refractivity contribution >= 4 is 28.4 Å². The molecular weight excluding hydrogens is 396 g/mol. The highest BCUT2D eigenvalue weighted by molar-refractivity contribution is 7.13. The Morgan fingerprint density at radius 2 is 2.00 bits per heavy atom. The highest BCUT2D eigenvalue weighted by atomic mass is 32.1. The Kier molecular flexibility index (Phi) is 4.75. The minimum absolute atomic E-state index is 0.110. The minimum Gasteiger partial charge on any atom is -0.497 e. The molecular formula is C23H22N4O2S. The summed E-state index contributed by atoms with van der Waals surface area (Å²) in [5, 5.41) is 0. The van der Waals surface area contributed by atoms with Crippen molar-refractivity contribution in [2.24, 2.45) is 0 Å². The van der Waals surface area contributed by atoms with Crippen LogP contribution in [-0.4, -0.2) is 45.5 Å². The summed E-state index contributed by atoms with van der Waals surface area (Å²) >= 11 is 1.55. The number of rotatable bonds is 4. The minimum atomic E-state index is 0.110. The Balaban J connectivity index is 1.51. The third-order valence-corrected chi connectivity index (χ3v) is 6.55. The van der Waals surface area contributed by atoms with Crippen molar-refractivity contribution in [2.75, 3.05) is 20.2 Å². The van der Waals surface area contributed by atoms with Crippen molar-refractivity contribution in [1.82, 2.24) is 19.4 Å². The number of carbonyl (C=O) groups is 1. The molecule has 1 fully saturated rings. The lowest BCUT2D eigenvalue weighted by molar-refractivity contribution is 0.0792. The summed E-state index contributed by atoms with van der Waals surface area (Å²) in [6, 6.07) is 15.9. The molecule has 152 valence electrons. The van der Waals surface area contributed by atoms with E-state index in [1.807, 2.05) is 60.4 Å². The predicted molar refractivity (Wildman–Crippen MR) is 118 cm³/mol. The number of aryl methyl sites for hydroxylation is 1. The SMILES string of the molecule is COc1ccc(-c2nc3cccnc3n2C2CCN(C(=O)c3ccc(C)s3)C2)cc1. The van der Waals surface area contributed by atoms with Crippen LogP contribution in [-0.2, 0) is 0 Å². The molecule has 6 nitrogen and oxygen atoms in total. The number of ether oxygens (including phenoxy) is 1. The molecule has 0 bridgehead atoms. The van der Waals surface area contributed by atoms with E-state index in [1.54, 1.807) is 24.6 Å². The van der Waals surface area contributed by atoms with E-state index in [2.05, 4.69) is 9.55 Å². The van der Waals surface area contributed by atoms with Crippen LogP contribution >= 0.6 is 11.3 Å². The topological polar surface area (TPSA) is 60.3 Å². The molecule has 7 heteroatoms. The van der Waals surface area contributed by atoms with Crippen LogP contribution in [0, 0.1) is 6.92 Å². The van der Waals surface area contributed by atoms with Crippen LogP contribution in [0.25, 0.3) is 22.6 Å². The number of nitrogens with zero attached hydrogens (tertiary/aromatic N) is 4. The van der Waals surface area contributed by atoms with E-state index in [0.717, 1.165) is 51.0 Å². The van der Waals surface area contributed by atoms with E-state index in [-0.39, 0.29) is 11.9 Å². The fraction of sp³-hybridized carbons (Fsp3) is 0.261. The van der Waals surface area contributed by atoms with E-state index in [9.17, 15) is 4.79 Å². The first-order valence-electron chi connectivity index (χ1n) is 9.97. The second kappa shape index (κ2) is 7.57. The number of imidazole rings is 1.